The van der Waals surface area contributed by atoms with Crippen LogP contribution in [0, 0.1) is 5.92 Å². The van der Waals surface area contributed by atoms with E-state index in [-0.39, 0.29) is 24.0 Å². The molecular weight excluding hydrogens is 428 g/mol. The minimum absolute atomic E-state index is 0.113. The highest BCUT2D eigenvalue weighted by Gasteiger charge is 2.35. The molecule has 1 unspecified atom stereocenters. The van der Waals surface area contributed by atoms with Gasteiger partial charge in [-0.25, -0.2) is 19.4 Å². The number of amidine groups is 1. The van der Waals surface area contributed by atoms with E-state index in [4.69, 9.17) is 0 Å². The molecule has 0 aliphatic carbocycles. The first-order valence-corrected chi connectivity index (χ1v) is 9.83. The number of anilines is 1. The smallest absolute Gasteiger partial charge is 0.356 e. The van der Waals surface area contributed by atoms with Crippen LogP contribution in [-0.2, 0) is 4.79 Å². The van der Waals surface area contributed by atoms with E-state index in [9.17, 15) is 22.4 Å². The average molecular weight is 448 g/mol. The normalized spacial score (nSPS) is 18.3. The predicted octanol–water partition coefficient (Wildman–Crippen LogP) is 3.67. The van der Waals surface area contributed by atoms with Gasteiger partial charge in [-0.3, -0.25) is 4.79 Å². The minimum atomic E-state index is -4.52. The Morgan fingerprint density at radius 3 is 2.72 bits per heavy atom. The quantitative estimate of drug-likeness (QED) is 0.608. The molecule has 1 amide bonds. The summed E-state index contributed by atoms with van der Waals surface area (Å²) in [6, 6.07) is 7.03. The summed E-state index contributed by atoms with van der Waals surface area (Å²) in [5.74, 6) is -0.424. The third-order valence-corrected chi connectivity index (χ3v) is 5.13. The van der Waals surface area contributed by atoms with Gasteiger partial charge in [0.25, 0.3) is 0 Å². The molecule has 3 heterocycles. The van der Waals surface area contributed by atoms with Crippen LogP contribution in [0.25, 0.3) is 16.5 Å². The van der Waals surface area contributed by atoms with Crippen LogP contribution >= 0.6 is 0 Å². The minimum Gasteiger partial charge on any atom is -0.356 e. The van der Waals surface area contributed by atoms with Crippen molar-refractivity contribution in [3.63, 3.8) is 0 Å². The SMILES string of the molecule is CC(C)(Nc1nc(C2=CNC3=NC=C(F)CC23)nc2ccccc12)C(=O)NCC(F)(F)F. The molecule has 0 saturated heterocycles. The number of rotatable bonds is 5. The highest BCUT2D eigenvalue weighted by atomic mass is 19.4. The maximum atomic E-state index is 13.8. The van der Waals surface area contributed by atoms with Gasteiger partial charge in [0.05, 0.1) is 17.6 Å². The second kappa shape index (κ2) is 7.88. The Kier molecular flexibility index (Phi) is 5.35. The Hall–Kier alpha value is -3.50. The molecular formula is C21H20F4N6O. The van der Waals surface area contributed by atoms with E-state index in [1.807, 2.05) is 5.32 Å². The summed E-state index contributed by atoms with van der Waals surface area (Å²) in [6.07, 6.45) is -1.59. The number of alkyl halides is 3. The van der Waals surface area contributed by atoms with Gasteiger partial charge in [0.15, 0.2) is 5.82 Å². The summed E-state index contributed by atoms with van der Waals surface area (Å²) in [5.41, 5.74) is -0.224. The number of benzene rings is 1. The Balaban J connectivity index is 1.67. The fraction of sp³-hybridized carbons (Fsp3) is 0.333. The zero-order valence-electron chi connectivity index (χ0n) is 17.2. The molecule has 168 valence electrons. The number of halogens is 4. The van der Waals surface area contributed by atoms with Crippen molar-refractivity contribution < 1.29 is 22.4 Å². The third kappa shape index (κ3) is 4.41. The molecule has 32 heavy (non-hydrogen) atoms. The van der Waals surface area contributed by atoms with E-state index < -0.39 is 24.2 Å². The molecule has 0 fully saturated rings. The first kappa shape index (κ1) is 21.7. The lowest BCUT2D eigenvalue weighted by molar-refractivity contribution is -0.140. The number of aromatic nitrogens is 2. The summed E-state index contributed by atoms with van der Waals surface area (Å²) >= 11 is 0. The third-order valence-electron chi connectivity index (χ3n) is 5.13. The number of aliphatic imine (C=N–C) groups is 1. The van der Waals surface area contributed by atoms with Gasteiger partial charge < -0.3 is 16.0 Å². The van der Waals surface area contributed by atoms with E-state index in [2.05, 4.69) is 25.6 Å². The molecule has 1 aromatic heterocycles. The molecule has 1 atom stereocenters. The highest BCUT2D eigenvalue weighted by molar-refractivity contribution is 6.02. The largest absolute Gasteiger partial charge is 0.405 e. The lowest BCUT2D eigenvalue weighted by Crippen LogP contribution is -2.50. The van der Waals surface area contributed by atoms with Gasteiger partial charge in [0.1, 0.15) is 29.6 Å². The van der Waals surface area contributed by atoms with Crippen LogP contribution < -0.4 is 16.0 Å². The van der Waals surface area contributed by atoms with Crippen molar-refractivity contribution in [1.82, 2.24) is 20.6 Å². The Morgan fingerprint density at radius 2 is 1.97 bits per heavy atom. The number of nitrogens with one attached hydrogen (secondary N) is 3. The van der Waals surface area contributed by atoms with Crippen molar-refractivity contribution in [1.29, 1.82) is 0 Å². The molecule has 0 bridgehead atoms. The first-order valence-electron chi connectivity index (χ1n) is 9.83. The number of fused-ring (bicyclic) bond motifs is 2. The van der Waals surface area contributed by atoms with Crippen molar-refractivity contribution in [2.75, 3.05) is 11.9 Å². The molecule has 11 heteroatoms. The fourth-order valence-corrected chi connectivity index (χ4v) is 3.50. The van der Waals surface area contributed by atoms with Crippen molar-refractivity contribution in [2.24, 2.45) is 10.9 Å². The Bertz CT molecular complexity index is 1170. The van der Waals surface area contributed by atoms with Crippen molar-refractivity contribution >= 4 is 34.0 Å². The maximum Gasteiger partial charge on any atom is 0.405 e. The molecule has 0 spiro atoms. The summed E-state index contributed by atoms with van der Waals surface area (Å²) in [6.45, 7) is 1.48. The number of carbonyl (C=O) groups is 1. The number of hydrogen-bond acceptors (Lipinski definition) is 6. The van der Waals surface area contributed by atoms with Gasteiger partial charge in [-0.2, -0.15) is 13.2 Å². The first-order chi connectivity index (χ1) is 15.0. The highest BCUT2D eigenvalue weighted by Crippen LogP contribution is 2.35. The number of allylic oxidation sites excluding steroid dienone is 1. The van der Waals surface area contributed by atoms with Gasteiger partial charge in [0.2, 0.25) is 5.91 Å². The Morgan fingerprint density at radius 1 is 1.22 bits per heavy atom. The average Bonchev–Trinajstić information content (AvgIpc) is 3.14. The molecule has 0 saturated carbocycles. The maximum absolute atomic E-state index is 13.8. The zero-order chi connectivity index (χ0) is 23.1. The monoisotopic (exact) mass is 448 g/mol. The second-order valence-corrected chi connectivity index (χ2v) is 8.05. The predicted molar refractivity (Wildman–Crippen MR) is 112 cm³/mol. The van der Waals surface area contributed by atoms with E-state index in [0.717, 1.165) is 6.20 Å². The lowest BCUT2D eigenvalue weighted by atomic mass is 9.94. The number of para-hydroxylation sites is 1. The van der Waals surface area contributed by atoms with Gasteiger partial charge in [0, 0.05) is 23.6 Å². The standard InChI is InChI=1S/C21H20F4N6O/c1-20(2,19(32)28-10-21(23,24)25)31-18-12-5-3-4-6-15(12)29-17(30-18)14-9-27-16-13(14)7-11(22)8-26-16/h3-6,8-9,13H,7,10H2,1-2H3,(H,26,27)(H,28,32)(H,29,30,31). The van der Waals surface area contributed by atoms with Crippen molar-refractivity contribution in [3.05, 3.63) is 48.3 Å². The van der Waals surface area contributed by atoms with Gasteiger partial charge in [-0.15, -0.1) is 0 Å². The topological polar surface area (TPSA) is 91.3 Å². The molecule has 7 nitrogen and oxygen atoms in total. The summed E-state index contributed by atoms with van der Waals surface area (Å²) in [7, 11) is 0. The van der Waals surface area contributed by atoms with Gasteiger partial charge >= 0.3 is 6.18 Å². The summed E-state index contributed by atoms with van der Waals surface area (Å²) in [4.78, 5) is 25.6. The van der Waals surface area contributed by atoms with E-state index >= 15 is 0 Å². The number of amides is 1. The van der Waals surface area contributed by atoms with E-state index in [1.54, 1.807) is 30.5 Å². The molecule has 2 aliphatic rings. The molecule has 1 aromatic carbocycles. The number of hydrogen-bond donors (Lipinski definition) is 3. The van der Waals surface area contributed by atoms with Crippen LogP contribution in [0.5, 0.6) is 0 Å². The van der Waals surface area contributed by atoms with Crippen LogP contribution in [0.2, 0.25) is 0 Å². The van der Waals surface area contributed by atoms with Crippen LogP contribution in [0.15, 0.2) is 47.5 Å². The molecule has 3 N–H and O–H groups in total. The fourth-order valence-electron chi connectivity index (χ4n) is 3.50. The van der Waals surface area contributed by atoms with Crippen LogP contribution in [0.4, 0.5) is 23.4 Å². The lowest BCUT2D eigenvalue weighted by Gasteiger charge is -2.27. The Labute approximate surface area is 180 Å². The van der Waals surface area contributed by atoms with Crippen LogP contribution in [0.3, 0.4) is 0 Å². The molecule has 0 radical (unpaired) electrons. The summed E-state index contributed by atoms with van der Waals surface area (Å²) < 4.78 is 51.4. The van der Waals surface area contributed by atoms with Crippen LogP contribution in [0.1, 0.15) is 26.1 Å². The van der Waals surface area contributed by atoms with Crippen LogP contribution in [-0.4, -0.2) is 40.0 Å². The van der Waals surface area contributed by atoms with Gasteiger partial charge in [-0.05, 0) is 26.0 Å². The molecule has 2 aliphatic heterocycles. The second-order valence-electron chi connectivity index (χ2n) is 8.05. The summed E-state index contributed by atoms with van der Waals surface area (Å²) in [5, 5.41) is 8.42. The van der Waals surface area contributed by atoms with Gasteiger partial charge in [-0.1, -0.05) is 12.1 Å². The number of nitrogens with zero attached hydrogens (tertiary/aromatic N) is 3. The molecule has 4 rings (SSSR count). The number of carbonyl (C=O) groups excluding carboxylic acids is 1. The van der Waals surface area contributed by atoms with E-state index in [0.29, 0.717) is 28.1 Å². The van der Waals surface area contributed by atoms with E-state index in [1.165, 1.54) is 13.8 Å². The molecule has 2 aromatic rings. The van der Waals surface area contributed by atoms with Crippen molar-refractivity contribution in [3.8, 4) is 0 Å². The zero-order valence-corrected chi connectivity index (χ0v) is 17.2. The van der Waals surface area contributed by atoms with Crippen molar-refractivity contribution in [2.45, 2.75) is 32.0 Å².